The summed E-state index contributed by atoms with van der Waals surface area (Å²) in [4.78, 5) is 19.1. The van der Waals surface area contributed by atoms with Crippen LogP contribution in [0.15, 0.2) is 49.1 Å². The summed E-state index contributed by atoms with van der Waals surface area (Å²) in [5.41, 5.74) is 6.39. The highest BCUT2D eigenvalue weighted by atomic mass is 16.4. The number of imidazole rings is 2. The Morgan fingerprint density at radius 2 is 1.48 bits per heavy atom. The van der Waals surface area contributed by atoms with Crippen LogP contribution in [-0.4, -0.2) is 29.8 Å². The molecule has 0 radical (unpaired) electrons. The summed E-state index contributed by atoms with van der Waals surface area (Å²) < 4.78 is 3.96. The van der Waals surface area contributed by atoms with Crippen LogP contribution in [-0.2, 0) is 24.1 Å². The molecule has 6 heteroatoms. The Kier molecular flexibility index (Phi) is 5.54. The fourth-order valence-corrected chi connectivity index (χ4v) is 3.30. The number of aromatic nitrogens is 4. The summed E-state index contributed by atoms with van der Waals surface area (Å²) in [5, 5.41) is 8.85. The number of carboxylic acid groups (broad SMARTS) is 1. The molecule has 4 rings (SSSR count). The largest absolute Gasteiger partial charge is 0.481 e. The van der Waals surface area contributed by atoms with E-state index in [-0.39, 0.29) is 6.42 Å². The van der Waals surface area contributed by atoms with Crippen molar-refractivity contribution in [2.45, 2.75) is 40.0 Å². The van der Waals surface area contributed by atoms with Gasteiger partial charge in [0.05, 0.1) is 6.42 Å². The first kappa shape index (κ1) is 18.6. The minimum Gasteiger partial charge on any atom is -0.481 e. The summed E-state index contributed by atoms with van der Waals surface area (Å²) in [5.74, 6) is -0.814. The highest BCUT2D eigenvalue weighted by molar-refractivity contribution is 5.70. The highest BCUT2D eigenvalue weighted by Gasteiger charge is 2.10. The third-order valence-corrected chi connectivity index (χ3v) is 4.77. The molecule has 0 aromatic carbocycles. The van der Waals surface area contributed by atoms with Gasteiger partial charge < -0.3 is 13.9 Å². The lowest BCUT2D eigenvalue weighted by atomic mass is 10.1. The Balaban J connectivity index is 0.000000159. The Bertz CT molecular complexity index is 1080. The molecule has 0 saturated heterocycles. The molecule has 0 fully saturated rings. The van der Waals surface area contributed by atoms with Gasteiger partial charge in [-0.3, -0.25) is 4.79 Å². The molecule has 0 aliphatic rings. The van der Waals surface area contributed by atoms with Gasteiger partial charge in [-0.1, -0.05) is 26.0 Å². The molecule has 0 unspecified atom stereocenters. The van der Waals surface area contributed by atoms with Crippen molar-refractivity contribution in [1.29, 1.82) is 0 Å². The maximum Gasteiger partial charge on any atom is 0.309 e. The fraction of sp³-hybridized carbons (Fsp3) is 0.286. The van der Waals surface area contributed by atoms with E-state index in [2.05, 4.69) is 40.3 Å². The van der Waals surface area contributed by atoms with Crippen LogP contribution in [0.4, 0.5) is 0 Å². The van der Waals surface area contributed by atoms with E-state index in [0.29, 0.717) is 0 Å². The number of aryl methyl sites for hydroxylation is 3. The Labute approximate surface area is 158 Å². The number of hydrogen-bond acceptors (Lipinski definition) is 3. The van der Waals surface area contributed by atoms with Gasteiger partial charge in [-0.2, -0.15) is 0 Å². The van der Waals surface area contributed by atoms with Crippen molar-refractivity contribution < 1.29 is 9.90 Å². The Morgan fingerprint density at radius 1 is 0.926 bits per heavy atom. The van der Waals surface area contributed by atoms with Gasteiger partial charge in [-0.15, -0.1) is 0 Å². The van der Waals surface area contributed by atoms with Crippen LogP contribution in [0.5, 0.6) is 0 Å². The number of fused-ring (bicyclic) bond motifs is 2. The molecule has 0 saturated carbocycles. The second-order valence-electron chi connectivity index (χ2n) is 6.34. The first-order valence-corrected chi connectivity index (χ1v) is 9.12. The quantitative estimate of drug-likeness (QED) is 0.599. The molecule has 0 spiro atoms. The van der Waals surface area contributed by atoms with Gasteiger partial charge in [-0.05, 0) is 43.0 Å². The molecule has 1 N–H and O–H groups in total. The average Bonchev–Trinajstić information content (AvgIpc) is 3.32. The first-order valence-electron chi connectivity index (χ1n) is 9.12. The number of carboxylic acids is 1. The zero-order chi connectivity index (χ0) is 19.4. The second kappa shape index (κ2) is 8.03. The van der Waals surface area contributed by atoms with Crippen LogP contribution in [0, 0.1) is 6.92 Å². The molecule has 0 atom stereocenters. The lowest BCUT2D eigenvalue weighted by Gasteiger charge is -2.08. The van der Waals surface area contributed by atoms with E-state index < -0.39 is 5.97 Å². The van der Waals surface area contributed by atoms with Gasteiger partial charge in [0, 0.05) is 36.2 Å². The van der Waals surface area contributed by atoms with E-state index in [4.69, 9.17) is 5.11 Å². The molecule has 0 aliphatic carbocycles. The van der Waals surface area contributed by atoms with Gasteiger partial charge in [0.15, 0.2) is 0 Å². The van der Waals surface area contributed by atoms with Crippen LogP contribution >= 0.6 is 0 Å². The van der Waals surface area contributed by atoms with E-state index in [9.17, 15) is 4.79 Å². The zero-order valence-corrected chi connectivity index (χ0v) is 15.9. The van der Waals surface area contributed by atoms with Crippen LogP contribution in [0.2, 0.25) is 0 Å². The second-order valence-corrected chi connectivity index (χ2v) is 6.34. The maximum atomic E-state index is 10.8. The fourth-order valence-electron chi connectivity index (χ4n) is 3.30. The number of rotatable bonds is 4. The van der Waals surface area contributed by atoms with Gasteiger partial charge >= 0.3 is 5.97 Å². The average molecular weight is 364 g/mol. The summed E-state index contributed by atoms with van der Waals surface area (Å²) in [6.45, 7) is 6.32. The van der Waals surface area contributed by atoms with Gasteiger partial charge in [0.2, 0.25) is 0 Å². The van der Waals surface area contributed by atoms with E-state index in [1.165, 1.54) is 11.3 Å². The molecular weight excluding hydrogens is 340 g/mol. The minimum atomic E-state index is -0.814. The normalized spacial score (nSPS) is 10.8. The van der Waals surface area contributed by atoms with Gasteiger partial charge in [0.25, 0.3) is 0 Å². The van der Waals surface area contributed by atoms with E-state index in [1.54, 1.807) is 12.4 Å². The molecule has 0 amide bonds. The predicted octanol–water partition coefficient (Wildman–Crippen LogP) is 3.73. The molecule has 0 aliphatic heterocycles. The van der Waals surface area contributed by atoms with Crippen LogP contribution in [0.1, 0.15) is 36.4 Å². The van der Waals surface area contributed by atoms with E-state index in [0.717, 1.165) is 35.4 Å². The maximum absolute atomic E-state index is 10.8. The molecule has 0 bridgehead atoms. The molecule has 27 heavy (non-hydrogen) atoms. The number of nitrogens with zero attached hydrogens (tertiary/aromatic N) is 4. The lowest BCUT2D eigenvalue weighted by Crippen LogP contribution is -2.08. The van der Waals surface area contributed by atoms with E-state index >= 15 is 0 Å². The summed E-state index contributed by atoms with van der Waals surface area (Å²) >= 11 is 0. The van der Waals surface area contributed by atoms with Crippen molar-refractivity contribution in [1.82, 2.24) is 18.8 Å². The first-order chi connectivity index (χ1) is 13.0. The smallest absolute Gasteiger partial charge is 0.309 e. The molecule has 6 nitrogen and oxygen atoms in total. The van der Waals surface area contributed by atoms with Crippen molar-refractivity contribution in [3.63, 3.8) is 0 Å². The molecule has 4 heterocycles. The van der Waals surface area contributed by atoms with Crippen molar-refractivity contribution in [3.8, 4) is 0 Å². The van der Waals surface area contributed by atoms with Crippen LogP contribution in [0.3, 0.4) is 0 Å². The molecule has 140 valence electrons. The number of pyridine rings is 2. The van der Waals surface area contributed by atoms with Crippen LogP contribution in [0.25, 0.3) is 11.3 Å². The zero-order valence-electron chi connectivity index (χ0n) is 15.9. The third-order valence-electron chi connectivity index (χ3n) is 4.77. The summed E-state index contributed by atoms with van der Waals surface area (Å²) in [6, 6.07) is 8.06. The standard InChI is InChI=1S/C11H12N2O2.C10H12N2/c1-2-8-3-4-10-12-5-6-13(10)9(8)7-11(14)15;1-3-9-4-5-10-11-6-7-12(10)8(9)2/h3-6H,2,7H2,1H3,(H,14,15);4-7H,3H2,1-2H3. The molecular formula is C21H24N4O2. The highest BCUT2D eigenvalue weighted by Crippen LogP contribution is 2.14. The topological polar surface area (TPSA) is 71.9 Å². The number of carbonyl (C=O) groups is 1. The van der Waals surface area contributed by atoms with Crippen molar-refractivity contribution in [3.05, 3.63) is 71.6 Å². The predicted molar refractivity (Wildman–Crippen MR) is 105 cm³/mol. The third kappa shape index (κ3) is 3.84. The minimum absolute atomic E-state index is 0.0386. The van der Waals surface area contributed by atoms with Crippen LogP contribution < -0.4 is 0 Å². The van der Waals surface area contributed by atoms with E-state index in [1.807, 2.05) is 35.9 Å². The number of aliphatic carboxylic acids is 1. The monoisotopic (exact) mass is 364 g/mol. The molecule has 4 aromatic rings. The van der Waals surface area contributed by atoms with Crippen molar-refractivity contribution >= 4 is 17.3 Å². The number of hydrogen-bond donors (Lipinski definition) is 1. The van der Waals surface area contributed by atoms with Gasteiger partial charge in [0.1, 0.15) is 11.3 Å². The molecule has 4 aromatic heterocycles. The Hall–Kier alpha value is -3.15. The summed E-state index contributed by atoms with van der Waals surface area (Å²) in [6.07, 6.45) is 9.27. The van der Waals surface area contributed by atoms with Crippen molar-refractivity contribution in [2.75, 3.05) is 0 Å². The summed E-state index contributed by atoms with van der Waals surface area (Å²) in [7, 11) is 0. The SMILES string of the molecule is CCc1ccc2nccn2c1C.CCc1ccc2nccn2c1CC(=O)O. The lowest BCUT2D eigenvalue weighted by molar-refractivity contribution is -0.136. The Morgan fingerprint density at radius 3 is 2.07 bits per heavy atom. The van der Waals surface area contributed by atoms with Gasteiger partial charge in [-0.25, -0.2) is 9.97 Å². The van der Waals surface area contributed by atoms with Crippen molar-refractivity contribution in [2.24, 2.45) is 0 Å².